The molecule has 1 aliphatic heterocycles. The molecule has 0 saturated heterocycles. The number of hydrazone groups is 1. The van der Waals surface area contributed by atoms with E-state index in [1.807, 2.05) is 0 Å². The van der Waals surface area contributed by atoms with E-state index in [0.29, 0.717) is 28.3 Å². The van der Waals surface area contributed by atoms with Crippen LogP contribution >= 0.6 is 0 Å². The molecule has 0 spiro atoms. The van der Waals surface area contributed by atoms with Crippen LogP contribution in [0.1, 0.15) is 23.6 Å². The Morgan fingerprint density at radius 1 is 1.14 bits per heavy atom. The van der Waals surface area contributed by atoms with Gasteiger partial charge in [0, 0.05) is 24.1 Å². The summed E-state index contributed by atoms with van der Waals surface area (Å²) in [7, 11) is -0.653. The molecular weight excluding hydrogens is 386 g/mol. The van der Waals surface area contributed by atoms with E-state index in [-0.39, 0.29) is 12.1 Å². The lowest BCUT2D eigenvalue weighted by Gasteiger charge is -2.21. The summed E-state index contributed by atoms with van der Waals surface area (Å²) in [6.45, 7) is 0. The smallest absolute Gasteiger partial charge is 0.269 e. The Bertz CT molecular complexity index is 1050. The predicted octanol–water partition coefficient (Wildman–Crippen LogP) is 2.72. The van der Waals surface area contributed by atoms with Gasteiger partial charge in [-0.15, -0.1) is 0 Å². The number of non-ortho nitro benzene ring substituents is 1. The zero-order chi connectivity index (χ0) is 20.5. The van der Waals surface area contributed by atoms with Gasteiger partial charge < -0.3 is 9.47 Å². The Kier molecular flexibility index (Phi) is 5.23. The normalized spacial score (nSPS) is 16.6. The summed E-state index contributed by atoms with van der Waals surface area (Å²) in [6, 6.07) is 10.4. The van der Waals surface area contributed by atoms with E-state index in [1.165, 1.54) is 32.4 Å². The minimum atomic E-state index is -3.68. The summed E-state index contributed by atoms with van der Waals surface area (Å²) in [4.78, 5) is 10.6. The molecule has 0 aromatic heterocycles. The van der Waals surface area contributed by atoms with Crippen molar-refractivity contribution in [1.29, 1.82) is 0 Å². The van der Waals surface area contributed by atoms with Crippen molar-refractivity contribution in [2.75, 3.05) is 20.5 Å². The number of methoxy groups -OCH3 is 2. The molecule has 2 aromatic carbocycles. The SMILES string of the molecule is COc1ccc(C2=NN(S(C)(=O)=O)C(c3cccc([N+](=O)[O-])c3)C2)cc1OC. The Morgan fingerprint density at radius 3 is 2.46 bits per heavy atom. The quantitative estimate of drug-likeness (QED) is 0.540. The summed E-state index contributed by atoms with van der Waals surface area (Å²) in [5, 5.41) is 15.4. The first kappa shape index (κ1) is 19.6. The molecule has 1 atom stereocenters. The van der Waals surface area contributed by atoms with Crippen molar-refractivity contribution in [3.63, 3.8) is 0 Å². The molecule has 0 amide bonds. The summed E-state index contributed by atoms with van der Waals surface area (Å²) in [5.41, 5.74) is 1.60. The Balaban J connectivity index is 2.03. The van der Waals surface area contributed by atoms with Crippen molar-refractivity contribution in [2.24, 2.45) is 5.10 Å². The maximum absolute atomic E-state index is 12.3. The van der Waals surface area contributed by atoms with Crippen molar-refractivity contribution in [1.82, 2.24) is 4.41 Å². The molecule has 0 aliphatic carbocycles. The monoisotopic (exact) mass is 405 g/mol. The molecule has 0 N–H and O–H groups in total. The number of hydrogen-bond acceptors (Lipinski definition) is 7. The van der Waals surface area contributed by atoms with E-state index >= 15 is 0 Å². The van der Waals surface area contributed by atoms with Gasteiger partial charge in [-0.1, -0.05) is 12.1 Å². The third-order valence-electron chi connectivity index (χ3n) is 4.39. The van der Waals surface area contributed by atoms with E-state index < -0.39 is 21.0 Å². The molecule has 1 heterocycles. The van der Waals surface area contributed by atoms with Gasteiger partial charge in [0.05, 0.1) is 37.2 Å². The number of benzene rings is 2. The average Bonchev–Trinajstić information content (AvgIpc) is 3.13. The van der Waals surface area contributed by atoms with Gasteiger partial charge in [-0.25, -0.2) is 8.42 Å². The van der Waals surface area contributed by atoms with Gasteiger partial charge in [-0.3, -0.25) is 10.1 Å². The van der Waals surface area contributed by atoms with Crippen LogP contribution in [0.4, 0.5) is 5.69 Å². The van der Waals surface area contributed by atoms with E-state index in [2.05, 4.69) is 5.10 Å². The van der Waals surface area contributed by atoms with Crippen molar-refractivity contribution in [3.05, 3.63) is 63.7 Å². The van der Waals surface area contributed by atoms with Crippen LogP contribution in [-0.4, -0.2) is 43.9 Å². The highest BCUT2D eigenvalue weighted by atomic mass is 32.2. The second-order valence-corrected chi connectivity index (χ2v) is 8.06. The fourth-order valence-corrected chi connectivity index (χ4v) is 3.98. The van der Waals surface area contributed by atoms with Gasteiger partial charge in [0.2, 0.25) is 10.0 Å². The lowest BCUT2D eigenvalue weighted by Crippen LogP contribution is -2.25. The number of rotatable bonds is 6. The van der Waals surface area contributed by atoms with Gasteiger partial charge in [0.1, 0.15) is 0 Å². The first-order valence-corrected chi connectivity index (χ1v) is 10.1. The first-order valence-electron chi connectivity index (χ1n) is 8.28. The lowest BCUT2D eigenvalue weighted by molar-refractivity contribution is -0.384. The van der Waals surface area contributed by atoms with Crippen LogP contribution in [0.5, 0.6) is 11.5 Å². The number of nitro groups is 1. The van der Waals surface area contributed by atoms with Crippen LogP contribution in [0.3, 0.4) is 0 Å². The fraction of sp³-hybridized carbons (Fsp3) is 0.278. The zero-order valence-corrected chi connectivity index (χ0v) is 16.3. The van der Waals surface area contributed by atoms with Crippen molar-refractivity contribution in [3.8, 4) is 11.5 Å². The minimum absolute atomic E-state index is 0.106. The Hall–Kier alpha value is -3.14. The van der Waals surface area contributed by atoms with Gasteiger partial charge in [0.15, 0.2) is 11.5 Å². The topological polar surface area (TPSA) is 111 Å². The second-order valence-electron chi connectivity index (χ2n) is 6.22. The number of sulfonamides is 1. The molecule has 3 rings (SSSR count). The molecule has 0 saturated carbocycles. The van der Waals surface area contributed by atoms with E-state index in [4.69, 9.17) is 9.47 Å². The van der Waals surface area contributed by atoms with Gasteiger partial charge >= 0.3 is 0 Å². The number of nitrogens with zero attached hydrogens (tertiary/aromatic N) is 3. The minimum Gasteiger partial charge on any atom is -0.493 e. The average molecular weight is 405 g/mol. The van der Waals surface area contributed by atoms with Crippen LogP contribution in [-0.2, 0) is 10.0 Å². The highest BCUT2D eigenvalue weighted by Gasteiger charge is 2.35. The standard InChI is InChI=1S/C18H19N3O6S/c1-26-17-8-7-12(10-18(17)27-2)15-11-16(20(19-15)28(3,24)25)13-5-4-6-14(9-13)21(22)23/h4-10,16H,11H2,1-3H3. The molecule has 2 aromatic rings. The summed E-state index contributed by atoms with van der Waals surface area (Å²) < 4.78 is 36.1. The number of nitro benzene ring substituents is 1. The van der Waals surface area contributed by atoms with E-state index in [9.17, 15) is 18.5 Å². The van der Waals surface area contributed by atoms with Crippen LogP contribution in [0.15, 0.2) is 47.6 Å². The second kappa shape index (κ2) is 7.47. The third-order valence-corrected chi connectivity index (χ3v) is 5.41. The highest BCUT2D eigenvalue weighted by molar-refractivity contribution is 7.88. The largest absolute Gasteiger partial charge is 0.493 e. The van der Waals surface area contributed by atoms with Gasteiger partial charge in [-0.2, -0.15) is 9.52 Å². The molecule has 10 heteroatoms. The maximum atomic E-state index is 12.3. The third kappa shape index (κ3) is 3.77. The number of ether oxygens (including phenoxy) is 2. The van der Waals surface area contributed by atoms with Crippen LogP contribution in [0, 0.1) is 10.1 Å². The van der Waals surface area contributed by atoms with Gasteiger partial charge in [0.25, 0.3) is 5.69 Å². The fourth-order valence-electron chi connectivity index (χ4n) is 3.08. The molecule has 0 radical (unpaired) electrons. The number of hydrogen-bond donors (Lipinski definition) is 0. The van der Waals surface area contributed by atoms with E-state index in [1.54, 1.807) is 24.3 Å². The van der Waals surface area contributed by atoms with Crippen LogP contribution < -0.4 is 9.47 Å². The maximum Gasteiger partial charge on any atom is 0.269 e. The van der Waals surface area contributed by atoms with Gasteiger partial charge in [-0.05, 0) is 23.8 Å². The summed E-state index contributed by atoms with van der Waals surface area (Å²) >= 11 is 0. The highest BCUT2D eigenvalue weighted by Crippen LogP contribution is 2.37. The summed E-state index contributed by atoms with van der Waals surface area (Å²) in [5.74, 6) is 1.03. The van der Waals surface area contributed by atoms with E-state index in [0.717, 1.165) is 10.7 Å². The molecule has 0 fully saturated rings. The summed E-state index contributed by atoms with van der Waals surface area (Å²) in [6.07, 6.45) is 1.32. The molecule has 28 heavy (non-hydrogen) atoms. The Labute approximate surface area is 162 Å². The molecule has 9 nitrogen and oxygen atoms in total. The molecular formula is C18H19N3O6S. The van der Waals surface area contributed by atoms with Crippen LogP contribution in [0.25, 0.3) is 0 Å². The molecule has 1 unspecified atom stereocenters. The van der Waals surface area contributed by atoms with Crippen LogP contribution in [0.2, 0.25) is 0 Å². The molecule has 0 bridgehead atoms. The van der Waals surface area contributed by atoms with Crippen molar-refractivity contribution < 1.29 is 22.8 Å². The Morgan fingerprint density at radius 2 is 1.86 bits per heavy atom. The predicted molar refractivity (Wildman–Crippen MR) is 103 cm³/mol. The molecule has 1 aliphatic rings. The van der Waals surface area contributed by atoms with Crippen molar-refractivity contribution in [2.45, 2.75) is 12.5 Å². The first-order chi connectivity index (χ1) is 13.2. The zero-order valence-electron chi connectivity index (χ0n) is 15.5. The molecule has 148 valence electrons. The lowest BCUT2D eigenvalue weighted by atomic mass is 9.98. The van der Waals surface area contributed by atoms with Crippen molar-refractivity contribution >= 4 is 21.4 Å².